The van der Waals surface area contributed by atoms with Crippen molar-refractivity contribution in [2.24, 2.45) is 0 Å². The summed E-state index contributed by atoms with van der Waals surface area (Å²) in [5.74, 6) is -1.46. The number of carbonyl (C=O) groups is 2. The fraction of sp³-hybridized carbons (Fsp3) is 0.250. The van der Waals surface area contributed by atoms with E-state index >= 15 is 0 Å². The number of carbonyl (C=O) groups excluding carboxylic acids is 2. The Morgan fingerprint density at radius 3 is 2.83 bits per heavy atom. The number of ketones is 1. The second-order valence-electron chi connectivity index (χ2n) is 2.13. The number of H-pyrrole nitrogens is 1. The number of hydrogen-bond donors (Lipinski definition) is 1. The van der Waals surface area contributed by atoms with Crippen LogP contribution in [0.3, 0.4) is 0 Å². The van der Waals surface area contributed by atoms with Gasteiger partial charge in [0.1, 0.15) is 0 Å². The predicted octanol–water partition coefficient (Wildman–Crippen LogP) is 0.760. The molecule has 0 aliphatic carbocycles. The zero-order valence-corrected chi connectivity index (χ0v) is 6.66. The summed E-state index contributed by atoms with van der Waals surface area (Å²) >= 11 is 0. The molecule has 1 rings (SSSR count). The van der Waals surface area contributed by atoms with Crippen LogP contribution in [0.15, 0.2) is 18.3 Å². The molecule has 0 atom stereocenters. The van der Waals surface area contributed by atoms with E-state index in [0.29, 0.717) is 0 Å². The van der Waals surface area contributed by atoms with Gasteiger partial charge in [-0.3, -0.25) is 4.79 Å². The van der Waals surface area contributed by atoms with Crippen molar-refractivity contribution in [2.75, 3.05) is 6.61 Å². The molecular weight excluding hydrogens is 158 g/mol. The maximum absolute atomic E-state index is 11.1. The largest absolute Gasteiger partial charge is 0.460 e. The number of aromatic nitrogens is 1. The highest BCUT2D eigenvalue weighted by atomic mass is 16.5. The van der Waals surface area contributed by atoms with E-state index in [1.54, 1.807) is 19.2 Å². The Balaban J connectivity index is 2.66. The molecular formula is C8H9NO3. The van der Waals surface area contributed by atoms with Crippen molar-refractivity contribution in [3.63, 3.8) is 0 Å². The van der Waals surface area contributed by atoms with Gasteiger partial charge >= 0.3 is 5.97 Å². The minimum absolute atomic E-state index is 0.214. The van der Waals surface area contributed by atoms with Gasteiger partial charge in [0, 0.05) is 6.20 Å². The molecule has 0 bridgehead atoms. The SMILES string of the molecule is CCOC(=O)C(=O)c1ccc[nH]1. The molecule has 4 heteroatoms. The van der Waals surface area contributed by atoms with Gasteiger partial charge < -0.3 is 9.72 Å². The lowest BCUT2D eigenvalue weighted by atomic mass is 10.3. The predicted molar refractivity (Wildman–Crippen MR) is 41.8 cm³/mol. The van der Waals surface area contributed by atoms with Crippen molar-refractivity contribution in [1.82, 2.24) is 4.98 Å². The van der Waals surface area contributed by atoms with Gasteiger partial charge in [-0.2, -0.15) is 0 Å². The van der Waals surface area contributed by atoms with Crippen molar-refractivity contribution < 1.29 is 14.3 Å². The fourth-order valence-corrected chi connectivity index (χ4v) is 0.778. The molecule has 1 heterocycles. The average molecular weight is 167 g/mol. The van der Waals surface area contributed by atoms with Crippen LogP contribution in [0.25, 0.3) is 0 Å². The first-order valence-electron chi connectivity index (χ1n) is 3.60. The van der Waals surface area contributed by atoms with E-state index in [1.165, 1.54) is 6.07 Å². The molecule has 0 saturated heterocycles. The lowest BCUT2D eigenvalue weighted by Crippen LogP contribution is -2.17. The topological polar surface area (TPSA) is 59.2 Å². The Labute approximate surface area is 69.5 Å². The van der Waals surface area contributed by atoms with Crippen molar-refractivity contribution in [2.45, 2.75) is 6.92 Å². The van der Waals surface area contributed by atoms with Crippen molar-refractivity contribution >= 4 is 11.8 Å². The van der Waals surface area contributed by atoms with Crippen LogP contribution in [0.2, 0.25) is 0 Å². The van der Waals surface area contributed by atoms with E-state index in [0.717, 1.165) is 0 Å². The molecule has 4 nitrogen and oxygen atoms in total. The third-order valence-corrected chi connectivity index (χ3v) is 1.30. The van der Waals surface area contributed by atoms with Crippen LogP contribution in [0.1, 0.15) is 17.4 Å². The van der Waals surface area contributed by atoms with Crippen LogP contribution >= 0.6 is 0 Å². The van der Waals surface area contributed by atoms with Crippen LogP contribution < -0.4 is 0 Å². The van der Waals surface area contributed by atoms with Crippen LogP contribution in [0, 0.1) is 0 Å². The normalized spacial score (nSPS) is 9.42. The highest BCUT2D eigenvalue weighted by molar-refractivity contribution is 6.40. The van der Waals surface area contributed by atoms with Gasteiger partial charge in [-0.25, -0.2) is 4.79 Å². The third kappa shape index (κ3) is 1.72. The van der Waals surface area contributed by atoms with Gasteiger partial charge in [0.05, 0.1) is 12.3 Å². The number of rotatable bonds is 3. The maximum Gasteiger partial charge on any atom is 0.381 e. The number of esters is 1. The summed E-state index contributed by atoms with van der Waals surface area (Å²) in [5, 5.41) is 0. The Bertz CT molecular complexity index is 277. The summed E-state index contributed by atoms with van der Waals surface area (Å²) in [6, 6.07) is 3.17. The van der Waals surface area contributed by atoms with Crippen LogP contribution in [0.4, 0.5) is 0 Å². The monoisotopic (exact) mass is 167 g/mol. The minimum atomic E-state index is -0.819. The van der Waals surface area contributed by atoms with Crippen molar-refractivity contribution in [3.8, 4) is 0 Å². The first kappa shape index (κ1) is 8.52. The molecule has 0 aliphatic heterocycles. The lowest BCUT2D eigenvalue weighted by Gasteiger charge is -1.97. The zero-order valence-electron chi connectivity index (χ0n) is 6.66. The van der Waals surface area contributed by atoms with Crippen molar-refractivity contribution in [3.05, 3.63) is 24.0 Å². The molecule has 1 N–H and O–H groups in total. The molecule has 1 aromatic heterocycles. The van der Waals surface area contributed by atoms with Crippen molar-refractivity contribution in [1.29, 1.82) is 0 Å². The Hall–Kier alpha value is -1.58. The summed E-state index contributed by atoms with van der Waals surface area (Å²) in [6.45, 7) is 1.87. The quantitative estimate of drug-likeness (QED) is 0.410. The number of aromatic amines is 1. The average Bonchev–Trinajstić information content (AvgIpc) is 2.55. The van der Waals surface area contributed by atoms with Gasteiger partial charge in [-0.1, -0.05) is 0 Å². The maximum atomic E-state index is 11.1. The lowest BCUT2D eigenvalue weighted by molar-refractivity contribution is -0.137. The smallest absolute Gasteiger partial charge is 0.381 e. The molecule has 0 unspecified atom stereocenters. The molecule has 0 spiro atoms. The molecule has 0 fully saturated rings. The van der Waals surface area contributed by atoms with Crippen LogP contribution in [0.5, 0.6) is 0 Å². The Morgan fingerprint density at radius 1 is 1.58 bits per heavy atom. The van der Waals surface area contributed by atoms with E-state index < -0.39 is 11.8 Å². The third-order valence-electron chi connectivity index (χ3n) is 1.30. The van der Waals surface area contributed by atoms with E-state index in [2.05, 4.69) is 9.72 Å². The minimum Gasteiger partial charge on any atom is -0.460 e. The zero-order chi connectivity index (χ0) is 8.97. The summed E-state index contributed by atoms with van der Waals surface area (Å²) in [6.07, 6.45) is 1.58. The number of Topliss-reactive ketones (excluding diaryl/α,β-unsaturated/α-hetero) is 1. The standard InChI is InChI=1S/C8H9NO3/c1-2-12-8(11)7(10)6-4-3-5-9-6/h3-5,9H,2H2,1H3. The number of nitrogens with one attached hydrogen (secondary N) is 1. The fourth-order valence-electron chi connectivity index (χ4n) is 0.778. The van der Waals surface area contributed by atoms with E-state index in [1.807, 2.05) is 0 Å². The van der Waals surface area contributed by atoms with Crippen LogP contribution in [-0.2, 0) is 9.53 Å². The number of hydrogen-bond acceptors (Lipinski definition) is 3. The Kier molecular flexibility index (Phi) is 2.63. The van der Waals surface area contributed by atoms with E-state index in [9.17, 15) is 9.59 Å². The second kappa shape index (κ2) is 3.71. The van der Waals surface area contributed by atoms with Gasteiger partial charge in [-0.15, -0.1) is 0 Å². The molecule has 0 saturated carbocycles. The highest BCUT2D eigenvalue weighted by Crippen LogP contribution is 1.97. The van der Waals surface area contributed by atoms with Gasteiger partial charge in [0.25, 0.3) is 5.78 Å². The van der Waals surface area contributed by atoms with Gasteiger partial charge in [0.2, 0.25) is 0 Å². The van der Waals surface area contributed by atoms with Gasteiger partial charge in [0.15, 0.2) is 0 Å². The molecule has 0 aliphatic rings. The summed E-state index contributed by atoms with van der Waals surface area (Å²) in [7, 11) is 0. The molecule has 0 aromatic carbocycles. The molecule has 0 radical (unpaired) electrons. The molecule has 1 aromatic rings. The summed E-state index contributed by atoms with van der Waals surface area (Å²) in [4.78, 5) is 24.6. The highest BCUT2D eigenvalue weighted by Gasteiger charge is 2.17. The first-order valence-corrected chi connectivity index (χ1v) is 3.60. The summed E-state index contributed by atoms with van der Waals surface area (Å²) in [5.41, 5.74) is 0.258. The summed E-state index contributed by atoms with van der Waals surface area (Å²) < 4.78 is 4.52. The molecule has 64 valence electrons. The van der Waals surface area contributed by atoms with E-state index in [4.69, 9.17) is 0 Å². The molecule has 0 amide bonds. The second-order valence-corrected chi connectivity index (χ2v) is 2.13. The Morgan fingerprint density at radius 2 is 2.33 bits per heavy atom. The van der Waals surface area contributed by atoms with E-state index in [-0.39, 0.29) is 12.3 Å². The molecule has 12 heavy (non-hydrogen) atoms. The number of ether oxygens (including phenoxy) is 1. The first-order chi connectivity index (χ1) is 5.75. The van der Waals surface area contributed by atoms with Gasteiger partial charge in [-0.05, 0) is 19.1 Å². The van der Waals surface area contributed by atoms with Crippen LogP contribution in [-0.4, -0.2) is 23.3 Å².